The Bertz CT molecular complexity index is 1060. The van der Waals surface area contributed by atoms with Crippen molar-refractivity contribution in [2.75, 3.05) is 13.6 Å². The average molecular weight is 448 g/mol. The van der Waals surface area contributed by atoms with Gasteiger partial charge in [-0.15, -0.1) is 0 Å². The molecule has 2 aromatic heterocycles. The van der Waals surface area contributed by atoms with Crippen molar-refractivity contribution in [1.29, 1.82) is 0 Å². The Hall–Kier alpha value is -3.61. The first-order valence-electron chi connectivity index (χ1n) is 11.4. The summed E-state index contributed by atoms with van der Waals surface area (Å²) in [4.78, 5) is 31.0. The van der Waals surface area contributed by atoms with Crippen LogP contribution in [0.15, 0.2) is 65.2 Å². The normalized spacial score (nSPS) is 14.0. The van der Waals surface area contributed by atoms with Crippen LogP contribution in [0.4, 0.5) is 0 Å². The van der Waals surface area contributed by atoms with Crippen molar-refractivity contribution in [1.82, 2.24) is 15.2 Å². The van der Waals surface area contributed by atoms with Gasteiger partial charge >= 0.3 is 0 Å². The summed E-state index contributed by atoms with van der Waals surface area (Å²) in [6, 6.07) is 17.0. The van der Waals surface area contributed by atoms with Gasteiger partial charge in [-0.3, -0.25) is 9.59 Å². The smallest absolute Gasteiger partial charge is 0.287 e. The van der Waals surface area contributed by atoms with Gasteiger partial charge in [0.15, 0.2) is 11.5 Å². The van der Waals surface area contributed by atoms with Gasteiger partial charge in [0.1, 0.15) is 18.1 Å². The van der Waals surface area contributed by atoms with Crippen LogP contribution in [0.3, 0.4) is 0 Å². The number of furan rings is 1. The SMILES string of the molecule is CN(C(=O)CNC(=O)c1ccc(-c2ccc(OCc3ccccc3)cn2)o1)C1CCCCC1. The molecule has 0 atom stereocenters. The van der Waals surface area contributed by atoms with E-state index in [1.54, 1.807) is 29.3 Å². The van der Waals surface area contributed by atoms with E-state index < -0.39 is 5.91 Å². The summed E-state index contributed by atoms with van der Waals surface area (Å²) in [5, 5.41) is 2.66. The van der Waals surface area contributed by atoms with Gasteiger partial charge in [0, 0.05) is 13.1 Å². The topological polar surface area (TPSA) is 84.7 Å². The molecule has 3 aromatic rings. The van der Waals surface area contributed by atoms with Gasteiger partial charge in [-0.1, -0.05) is 49.6 Å². The summed E-state index contributed by atoms with van der Waals surface area (Å²) in [7, 11) is 1.81. The number of carbonyl (C=O) groups excluding carboxylic acids is 2. The number of carbonyl (C=O) groups is 2. The zero-order valence-corrected chi connectivity index (χ0v) is 18.8. The molecule has 7 heteroatoms. The number of nitrogens with zero attached hydrogens (tertiary/aromatic N) is 2. The average Bonchev–Trinajstić information content (AvgIpc) is 3.37. The van der Waals surface area contributed by atoms with Crippen molar-refractivity contribution >= 4 is 11.8 Å². The number of benzene rings is 1. The summed E-state index contributed by atoms with van der Waals surface area (Å²) >= 11 is 0. The van der Waals surface area contributed by atoms with Crippen molar-refractivity contribution in [3.05, 3.63) is 72.1 Å². The Morgan fingerprint density at radius 2 is 1.85 bits per heavy atom. The van der Waals surface area contributed by atoms with Gasteiger partial charge in [0.2, 0.25) is 5.91 Å². The van der Waals surface area contributed by atoms with Gasteiger partial charge in [-0.2, -0.15) is 0 Å². The number of hydrogen-bond acceptors (Lipinski definition) is 5. The summed E-state index contributed by atoms with van der Waals surface area (Å²) in [6.07, 6.45) is 7.21. The van der Waals surface area contributed by atoms with E-state index in [4.69, 9.17) is 9.15 Å². The highest BCUT2D eigenvalue weighted by Crippen LogP contribution is 2.23. The standard InChI is InChI=1S/C26H29N3O4/c1-29(20-10-6-3-7-11-20)25(30)17-28-26(31)24-15-14-23(33-24)22-13-12-21(16-27-22)32-18-19-8-4-2-5-9-19/h2,4-5,8-9,12-16,20H,3,6-7,10-11,17-18H2,1H3,(H,28,31). The first kappa shape index (κ1) is 22.6. The molecule has 2 amide bonds. The Kier molecular flexibility index (Phi) is 7.40. The second kappa shape index (κ2) is 10.8. The first-order chi connectivity index (χ1) is 16.1. The molecule has 1 fully saturated rings. The Morgan fingerprint density at radius 3 is 2.58 bits per heavy atom. The molecular weight excluding hydrogens is 418 g/mol. The summed E-state index contributed by atoms with van der Waals surface area (Å²) in [5.41, 5.74) is 1.67. The molecule has 0 spiro atoms. The van der Waals surface area contributed by atoms with Crippen LogP contribution in [0, 0.1) is 0 Å². The van der Waals surface area contributed by atoms with Crippen molar-refractivity contribution in [2.45, 2.75) is 44.8 Å². The second-order valence-electron chi connectivity index (χ2n) is 8.30. The number of pyridine rings is 1. The van der Waals surface area contributed by atoms with E-state index in [1.165, 1.54) is 6.42 Å². The number of rotatable bonds is 8. The highest BCUT2D eigenvalue weighted by Gasteiger charge is 2.22. The number of aromatic nitrogens is 1. The molecule has 4 rings (SSSR count). The molecule has 0 saturated heterocycles. The fourth-order valence-corrected chi connectivity index (χ4v) is 3.99. The van der Waals surface area contributed by atoms with Gasteiger partial charge in [0.25, 0.3) is 5.91 Å². The quantitative estimate of drug-likeness (QED) is 0.552. The molecule has 172 valence electrons. The molecule has 1 aliphatic carbocycles. The molecule has 1 N–H and O–H groups in total. The molecule has 0 radical (unpaired) electrons. The minimum atomic E-state index is -0.422. The minimum Gasteiger partial charge on any atom is -0.487 e. The Labute approximate surface area is 193 Å². The molecular formula is C26H29N3O4. The van der Waals surface area contributed by atoms with E-state index in [-0.39, 0.29) is 24.3 Å². The molecule has 0 bridgehead atoms. The number of ether oxygens (including phenoxy) is 1. The lowest BCUT2D eigenvalue weighted by Crippen LogP contribution is -2.44. The largest absolute Gasteiger partial charge is 0.487 e. The minimum absolute atomic E-state index is 0.0480. The van der Waals surface area contributed by atoms with Crippen LogP contribution in [0.5, 0.6) is 5.75 Å². The molecule has 7 nitrogen and oxygen atoms in total. The fourth-order valence-electron chi connectivity index (χ4n) is 3.99. The third kappa shape index (κ3) is 6.00. The van der Waals surface area contributed by atoms with Crippen LogP contribution >= 0.6 is 0 Å². The molecule has 1 aliphatic rings. The third-order valence-electron chi connectivity index (χ3n) is 5.98. The lowest BCUT2D eigenvalue weighted by Gasteiger charge is -2.31. The van der Waals surface area contributed by atoms with Gasteiger partial charge < -0.3 is 19.4 Å². The predicted molar refractivity (Wildman–Crippen MR) is 125 cm³/mol. The maximum absolute atomic E-state index is 12.5. The number of amides is 2. The zero-order chi connectivity index (χ0) is 23.0. The van der Waals surface area contributed by atoms with E-state index >= 15 is 0 Å². The van der Waals surface area contributed by atoms with Crippen LogP contribution in [0.1, 0.15) is 48.2 Å². The lowest BCUT2D eigenvalue weighted by atomic mass is 9.94. The van der Waals surface area contributed by atoms with Crippen molar-refractivity contribution in [2.24, 2.45) is 0 Å². The highest BCUT2D eigenvalue weighted by molar-refractivity contribution is 5.94. The van der Waals surface area contributed by atoms with E-state index in [0.717, 1.165) is 31.2 Å². The second-order valence-corrected chi connectivity index (χ2v) is 8.30. The van der Waals surface area contributed by atoms with E-state index in [1.807, 2.05) is 43.4 Å². The predicted octanol–water partition coefficient (Wildman–Crippen LogP) is 4.44. The third-order valence-corrected chi connectivity index (χ3v) is 5.98. The van der Waals surface area contributed by atoms with Crippen LogP contribution in [-0.4, -0.2) is 41.3 Å². The fraction of sp³-hybridized carbons (Fsp3) is 0.346. The van der Waals surface area contributed by atoms with Crippen molar-refractivity contribution in [3.8, 4) is 17.2 Å². The van der Waals surface area contributed by atoms with E-state index in [2.05, 4.69) is 10.3 Å². The summed E-state index contributed by atoms with van der Waals surface area (Å²) in [5.74, 6) is 0.752. The van der Waals surface area contributed by atoms with Gasteiger partial charge in [0.05, 0.1) is 12.7 Å². The number of nitrogens with one attached hydrogen (secondary N) is 1. The Balaban J connectivity index is 1.28. The monoisotopic (exact) mass is 447 g/mol. The summed E-state index contributed by atoms with van der Waals surface area (Å²) < 4.78 is 11.4. The van der Waals surface area contributed by atoms with Gasteiger partial charge in [-0.05, 0) is 42.7 Å². The molecule has 0 aliphatic heterocycles. The molecule has 1 saturated carbocycles. The number of hydrogen-bond donors (Lipinski definition) is 1. The molecule has 0 unspecified atom stereocenters. The van der Waals surface area contributed by atoms with Crippen molar-refractivity contribution < 1.29 is 18.7 Å². The van der Waals surface area contributed by atoms with E-state index in [0.29, 0.717) is 23.8 Å². The summed E-state index contributed by atoms with van der Waals surface area (Å²) in [6.45, 7) is 0.412. The van der Waals surface area contributed by atoms with Crippen molar-refractivity contribution in [3.63, 3.8) is 0 Å². The number of likely N-dealkylation sites (N-methyl/N-ethyl adjacent to an activating group) is 1. The van der Waals surface area contributed by atoms with Crippen LogP contribution in [0.25, 0.3) is 11.5 Å². The zero-order valence-electron chi connectivity index (χ0n) is 18.8. The first-order valence-corrected chi connectivity index (χ1v) is 11.4. The highest BCUT2D eigenvalue weighted by atomic mass is 16.5. The van der Waals surface area contributed by atoms with Crippen LogP contribution in [0.2, 0.25) is 0 Å². The lowest BCUT2D eigenvalue weighted by molar-refractivity contribution is -0.131. The van der Waals surface area contributed by atoms with Crippen LogP contribution in [-0.2, 0) is 11.4 Å². The molecule has 2 heterocycles. The van der Waals surface area contributed by atoms with Gasteiger partial charge in [-0.25, -0.2) is 4.98 Å². The van der Waals surface area contributed by atoms with E-state index in [9.17, 15) is 9.59 Å². The maximum Gasteiger partial charge on any atom is 0.287 e. The molecule has 1 aromatic carbocycles. The van der Waals surface area contributed by atoms with Crippen LogP contribution < -0.4 is 10.1 Å². The Morgan fingerprint density at radius 1 is 1.06 bits per heavy atom. The maximum atomic E-state index is 12.5. The molecule has 33 heavy (non-hydrogen) atoms.